The summed E-state index contributed by atoms with van der Waals surface area (Å²) in [6.07, 6.45) is 1.62. The fraction of sp³-hybridized carbons (Fsp3) is 0.200. The van der Waals surface area contributed by atoms with Gasteiger partial charge in [-0.25, -0.2) is 4.68 Å². The van der Waals surface area contributed by atoms with Gasteiger partial charge in [0.05, 0.1) is 32.8 Å². The number of pyridine rings is 1. The maximum Gasteiger partial charge on any atom is 0.280 e. The molecule has 0 radical (unpaired) electrons. The Morgan fingerprint density at radius 2 is 1.81 bits per heavy atom. The molecule has 27 heavy (non-hydrogen) atoms. The number of fused-ring (bicyclic) bond motifs is 3. The summed E-state index contributed by atoms with van der Waals surface area (Å²) in [4.78, 5) is 19.6. The van der Waals surface area contributed by atoms with Crippen molar-refractivity contribution in [3.8, 4) is 5.69 Å². The zero-order chi connectivity index (χ0) is 18.4. The Kier molecular flexibility index (Phi) is 3.88. The van der Waals surface area contributed by atoms with E-state index in [1.54, 1.807) is 10.9 Å². The largest absolute Gasteiger partial charge is 0.368 e. The van der Waals surface area contributed by atoms with Crippen molar-refractivity contribution < 1.29 is 0 Å². The van der Waals surface area contributed by atoms with E-state index in [2.05, 4.69) is 20.3 Å². The van der Waals surface area contributed by atoms with Crippen LogP contribution in [0.2, 0.25) is 5.02 Å². The van der Waals surface area contributed by atoms with E-state index in [4.69, 9.17) is 11.6 Å². The van der Waals surface area contributed by atoms with E-state index < -0.39 is 0 Å². The molecule has 2 aromatic carbocycles. The molecule has 3 heterocycles. The molecule has 2 aromatic heterocycles. The highest BCUT2D eigenvalue weighted by Gasteiger charge is 2.18. The van der Waals surface area contributed by atoms with Crippen molar-refractivity contribution in [3.63, 3.8) is 0 Å². The maximum atomic E-state index is 12.9. The summed E-state index contributed by atoms with van der Waals surface area (Å²) >= 11 is 6.54. The lowest BCUT2D eigenvalue weighted by atomic mass is 10.1. The third-order valence-electron chi connectivity index (χ3n) is 5.07. The molecule has 0 unspecified atom stereocenters. The Morgan fingerprint density at radius 1 is 1.04 bits per heavy atom. The molecule has 0 saturated carbocycles. The normalized spacial score (nSPS) is 14.9. The third kappa shape index (κ3) is 2.69. The zero-order valence-electron chi connectivity index (χ0n) is 14.6. The highest BCUT2D eigenvalue weighted by atomic mass is 35.5. The van der Waals surface area contributed by atoms with Crippen molar-refractivity contribution in [3.05, 3.63) is 64.0 Å². The van der Waals surface area contributed by atoms with E-state index in [9.17, 15) is 4.79 Å². The molecule has 1 aliphatic heterocycles. The van der Waals surface area contributed by atoms with Gasteiger partial charge in [0.2, 0.25) is 0 Å². The van der Waals surface area contributed by atoms with Crippen LogP contribution in [0.25, 0.3) is 27.5 Å². The Balaban J connectivity index is 1.75. The topological polar surface area (TPSA) is 66.0 Å². The SMILES string of the molecule is O=c1c2cnc3cc(Cl)c(N4CCNCC4)cc3c2[nH]n1-c1ccccc1. The summed E-state index contributed by atoms with van der Waals surface area (Å²) in [6.45, 7) is 3.66. The Morgan fingerprint density at radius 3 is 2.59 bits per heavy atom. The smallest absolute Gasteiger partial charge is 0.280 e. The molecule has 0 atom stereocenters. The number of H-pyrrole nitrogens is 1. The van der Waals surface area contributed by atoms with Crippen molar-refractivity contribution >= 4 is 39.1 Å². The number of anilines is 1. The Labute approximate surface area is 160 Å². The van der Waals surface area contributed by atoms with Crippen LogP contribution in [-0.4, -0.2) is 40.9 Å². The number of rotatable bonds is 2. The monoisotopic (exact) mass is 379 g/mol. The van der Waals surface area contributed by atoms with Crippen molar-refractivity contribution in [2.24, 2.45) is 0 Å². The van der Waals surface area contributed by atoms with E-state index in [0.717, 1.165) is 54.0 Å². The number of halogens is 1. The van der Waals surface area contributed by atoms with Gasteiger partial charge in [0.25, 0.3) is 5.56 Å². The molecular weight excluding hydrogens is 362 g/mol. The minimum atomic E-state index is -0.107. The molecular formula is C20H18ClN5O. The van der Waals surface area contributed by atoms with Gasteiger partial charge in [-0.3, -0.25) is 14.9 Å². The van der Waals surface area contributed by atoms with Crippen LogP contribution in [0.1, 0.15) is 0 Å². The van der Waals surface area contributed by atoms with Crippen molar-refractivity contribution in [1.29, 1.82) is 0 Å². The summed E-state index contributed by atoms with van der Waals surface area (Å²) < 4.78 is 1.56. The number of piperazine rings is 1. The summed E-state index contributed by atoms with van der Waals surface area (Å²) in [7, 11) is 0. The molecule has 7 heteroatoms. The molecule has 5 rings (SSSR count). The molecule has 136 valence electrons. The summed E-state index contributed by atoms with van der Waals surface area (Å²) in [6, 6.07) is 13.5. The molecule has 1 fully saturated rings. The average molecular weight is 380 g/mol. The van der Waals surface area contributed by atoms with Gasteiger partial charge in [-0.2, -0.15) is 0 Å². The summed E-state index contributed by atoms with van der Waals surface area (Å²) in [5, 5.41) is 8.77. The van der Waals surface area contributed by atoms with Gasteiger partial charge in [-0.15, -0.1) is 0 Å². The fourth-order valence-corrected chi connectivity index (χ4v) is 3.95. The molecule has 6 nitrogen and oxygen atoms in total. The second kappa shape index (κ2) is 6.40. The van der Waals surface area contributed by atoms with Gasteiger partial charge in [0.1, 0.15) is 0 Å². The number of aromatic amines is 1. The predicted octanol–water partition coefficient (Wildman–Crippen LogP) is 2.93. The van der Waals surface area contributed by atoms with Crippen molar-refractivity contribution in [2.45, 2.75) is 0 Å². The number of nitrogens with one attached hydrogen (secondary N) is 2. The number of aromatic nitrogens is 3. The number of hydrogen-bond donors (Lipinski definition) is 2. The van der Waals surface area contributed by atoms with E-state index in [-0.39, 0.29) is 5.56 Å². The molecule has 4 aromatic rings. The maximum absolute atomic E-state index is 12.9. The van der Waals surface area contributed by atoms with E-state index in [1.807, 2.05) is 42.5 Å². The molecule has 2 N–H and O–H groups in total. The van der Waals surface area contributed by atoms with Crippen molar-refractivity contribution in [2.75, 3.05) is 31.1 Å². The van der Waals surface area contributed by atoms with Crippen LogP contribution in [0.3, 0.4) is 0 Å². The van der Waals surface area contributed by atoms with Gasteiger partial charge in [0.15, 0.2) is 0 Å². The molecule has 0 bridgehead atoms. The van der Waals surface area contributed by atoms with Crippen LogP contribution in [-0.2, 0) is 0 Å². The number of para-hydroxylation sites is 1. The zero-order valence-corrected chi connectivity index (χ0v) is 15.3. The molecule has 1 aliphatic rings. The molecule has 1 saturated heterocycles. The first-order valence-corrected chi connectivity index (χ1v) is 9.34. The minimum Gasteiger partial charge on any atom is -0.368 e. The predicted molar refractivity (Wildman–Crippen MR) is 109 cm³/mol. The van der Waals surface area contributed by atoms with Gasteiger partial charge < -0.3 is 10.2 Å². The van der Waals surface area contributed by atoms with Crippen LogP contribution < -0.4 is 15.8 Å². The Bertz CT molecular complexity index is 1190. The third-order valence-corrected chi connectivity index (χ3v) is 5.37. The standard InChI is InChI=1S/C20H18ClN5O/c21-16-11-17-14(10-18(16)25-8-6-22-7-9-25)19-15(12-23-17)20(27)26(24-19)13-4-2-1-3-5-13/h1-5,10-12,22,24H,6-9H2. The van der Waals surface area contributed by atoms with Gasteiger partial charge in [0, 0.05) is 37.8 Å². The van der Waals surface area contributed by atoms with Crippen molar-refractivity contribution in [1.82, 2.24) is 20.1 Å². The first kappa shape index (κ1) is 16.4. The number of hydrogen-bond acceptors (Lipinski definition) is 4. The summed E-state index contributed by atoms with van der Waals surface area (Å²) in [5.74, 6) is 0. The highest BCUT2D eigenvalue weighted by Crippen LogP contribution is 2.33. The first-order valence-electron chi connectivity index (χ1n) is 8.96. The highest BCUT2D eigenvalue weighted by molar-refractivity contribution is 6.34. The average Bonchev–Trinajstić information content (AvgIpc) is 3.06. The van der Waals surface area contributed by atoms with E-state index in [0.29, 0.717) is 10.4 Å². The second-order valence-electron chi connectivity index (χ2n) is 6.69. The minimum absolute atomic E-state index is 0.107. The molecule has 0 amide bonds. The molecule has 0 aliphatic carbocycles. The van der Waals surface area contributed by atoms with E-state index in [1.165, 1.54) is 0 Å². The first-order chi connectivity index (χ1) is 13.2. The van der Waals surface area contributed by atoms with Crippen LogP contribution in [0.5, 0.6) is 0 Å². The summed E-state index contributed by atoms with van der Waals surface area (Å²) in [5.41, 5.74) is 3.22. The van der Waals surface area contributed by atoms with Crippen LogP contribution >= 0.6 is 11.6 Å². The number of benzene rings is 2. The fourth-order valence-electron chi connectivity index (χ4n) is 3.67. The van der Waals surface area contributed by atoms with Gasteiger partial charge in [-0.1, -0.05) is 29.8 Å². The Hall–Kier alpha value is -2.83. The van der Waals surface area contributed by atoms with Gasteiger partial charge >= 0.3 is 0 Å². The van der Waals surface area contributed by atoms with E-state index >= 15 is 0 Å². The van der Waals surface area contributed by atoms with Crippen LogP contribution in [0, 0.1) is 0 Å². The quantitative estimate of drug-likeness (QED) is 0.562. The molecule has 0 spiro atoms. The van der Waals surface area contributed by atoms with Crippen LogP contribution in [0.4, 0.5) is 5.69 Å². The lowest BCUT2D eigenvalue weighted by Gasteiger charge is -2.30. The lowest BCUT2D eigenvalue weighted by molar-refractivity contribution is 0.589. The second-order valence-corrected chi connectivity index (χ2v) is 7.10. The van der Waals surface area contributed by atoms with Crippen LogP contribution in [0.15, 0.2) is 53.5 Å². The lowest BCUT2D eigenvalue weighted by Crippen LogP contribution is -2.43. The van der Waals surface area contributed by atoms with Gasteiger partial charge in [-0.05, 0) is 24.3 Å². The number of nitrogens with zero attached hydrogens (tertiary/aromatic N) is 3.